The lowest BCUT2D eigenvalue weighted by Gasteiger charge is -2.46. The van der Waals surface area contributed by atoms with Gasteiger partial charge < -0.3 is 10.2 Å². The van der Waals surface area contributed by atoms with Crippen LogP contribution >= 0.6 is 0 Å². The number of hydrogen-bond acceptors (Lipinski definition) is 2. The zero-order chi connectivity index (χ0) is 14.8. The Bertz CT molecular complexity index is 378. The SMILES string of the molecule is CC1(C)C(=O)NC(C2CCCCC2)C(=O)N1CCCF. The summed E-state index contributed by atoms with van der Waals surface area (Å²) in [6.07, 6.45) is 5.74. The van der Waals surface area contributed by atoms with Crippen LogP contribution in [-0.4, -0.2) is 41.5 Å². The maximum Gasteiger partial charge on any atom is 0.246 e. The molecule has 114 valence electrons. The number of hydrogen-bond donors (Lipinski definition) is 1. The molecule has 1 aliphatic carbocycles. The summed E-state index contributed by atoms with van der Waals surface area (Å²) < 4.78 is 12.4. The molecule has 0 radical (unpaired) electrons. The van der Waals surface area contributed by atoms with Crippen molar-refractivity contribution in [2.24, 2.45) is 5.92 Å². The van der Waals surface area contributed by atoms with Gasteiger partial charge in [-0.1, -0.05) is 19.3 Å². The lowest BCUT2D eigenvalue weighted by atomic mass is 9.81. The van der Waals surface area contributed by atoms with E-state index < -0.39 is 18.3 Å². The Morgan fingerprint density at radius 3 is 2.50 bits per heavy atom. The predicted octanol–water partition coefficient (Wildman–Crippen LogP) is 2.03. The molecule has 4 nitrogen and oxygen atoms in total. The fourth-order valence-electron chi connectivity index (χ4n) is 3.34. The highest BCUT2D eigenvalue weighted by Crippen LogP contribution is 2.31. The Balaban J connectivity index is 2.15. The monoisotopic (exact) mass is 284 g/mol. The fourth-order valence-corrected chi connectivity index (χ4v) is 3.34. The number of nitrogens with one attached hydrogen (secondary N) is 1. The molecular formula is C15H25FN2O2. The molecule has 1 saturated heterocycles. The molecule has 2 amide bonds. The van der Waals surface area contributed by atoms with Crippen LogP contribution in [-0.2, 0) is 9.59 Å². The van der Waals surface area contributed by atoms with E-state index in [0.29, 0.717) is 13.0 Å². The Morgan fingerprint density at radius 2 is 1.90 bits per heavy atom. The third kappa shape index (κ3) is 2.81. The number of carbonyl (C=O) groups excluding carboxylic acids is 2. The van der Waals surface area contributed by atoms with Crippen LogP contribution in [0.1, 0.15) is 52.4 Å². The summed E-state index contributed by atoms with van der Waals surface area (Å²) in [5, 5.41) is 2.91. The lowest BCUT2D eigenvalue weighted by molar-refractivity contribution is -0.157. The first-order valence-corrected chi connectivity index (χ1v) is 7.67. The first-order valence-electron chi connectivity index (χ1n) is 7.67. The molecule has 1 N–H and O–H groups in total. The maximum atomic E-state index is 12.7. The summed E-state index contributed by atoms with van der Waals surface area (Å²) in [6, 6.07) is -0.407. The average Bonchev–Trinajstić information content (AvgIpc) is 2.44. The van der Waals surface area contributed by atoms with Gasteiger partial charge in [0.1, 0.15) is 11.6 Å². The van der Waals surface area contributed by atoms with Gasteiger partial charge in [-0.15, -0.1) is 0 Å². The Hall–Kier alpha value is -1.13. The van der Waals surface area contributed by atoms with Gasteiger partial charge in [0.05, 0.1) is 6.67 Å². The second kappa shape index (κ2) is 6.10. The van der Waals surface area contributed by atoms with Crippen LogP contribution in [0.15, 0.2) is 0 Å². The summed E-state index contributed by atoms with van der Waals surface area (Å²) in [5.41, 5.74) is -0.878. The molecule has 1 atom stereocenters. The van der Waals surface area contributed by atoms with Crippen molar-refractivity contribution in [1.82, 2.24) is 10.2 Å². The van der Waals surface area contributed by atoms with Gasteiger partial charge >= 0.3 is 0 Å². The van der Waals surface area contributed by atoms with Crippen LogP contribution in [0.2, 0.25) is 0 Å². The molecule has 5 heteroatoms. The Labute approximate surface area is 120 Å². The van der Waals surface area contributed by atoms with Crippen LogP contribution in [0.3, 0.4) is 0 Å². The van der Waals surface area contributed by atoms with E-state index in [9.17, 15) is 14.0 Å². The van der Waals surface area contributed by atoms with Gasteiger partial charge in [0.15, 0.2) is 0 Å². The molecule has 2 rings (SSSR count). The minimum atomic E-state index is -0.878. The van der Waals surface area contributed by atoms with E-state index in [2.05, 4.69) is 5.32 Å². The van der Waals surface area contributed by atoms with Crippen LogP contribution in [0.4, 0.5) is 4.39 Å². The number of halogens is 1. The summed E-state index contributed by atoms with van der Waals surface area (Å²) in [6.45, 7) is 3.32. The number of carbonyl (C=O) groups is 2. The maximum absolute atomic E-state index is 12.7. The lowest BCUT2D eigenvalue weighted by Crippen LogP contribution is -2.70. The topological polar surface area (TPSA) is 49.4 Å². The summed E-state index contributed by atoms with van der Waals surface area (Å²) >= 11 is 0. The molecule has 1 aliphatic heterocycles. The van der Waals surface area contributed by atoms with Crippen molar-refractivity contribution in [3.05, 3.63) is 0 Å². The largest absolute Gasteiger partial charge is 0.342 e. The molecule has 0 spiro atoms. The van der Waals surface area contributed by atoms with E-state index in [4.69, 9.17) is 0 Å². The van der Waals surface area contributed by atoms with Gasteiger partial charge in [0.2, 0.25) is 11.8 Å². The van der Waals surface area contributed by atoms with Crippen molar-refractivity contribution in [3.8, 4) is 0 Å². The average molecular weight is 284 g/mol. The summed E-state index contributed by atoms with van der Waals surface area (Å²) in [7, 11) is 0. The molecular weight excluding hydrogens is 259 g/mol. The quantitative estimate of drug-likeness (QED) is 0.859. The predicted molar refractivity (Wildman–Crippen MR) is 74.9 cm³/mol. The van der Waals surface area contributed by atoms with Crippen LogP contribution in [0, 0.1) is 5.92 Å². The van der Waals surface area contributed by atoms with E-state index in [1.54, 1.807) is 18.7 Å². The van der Waals surface area contributed by atoms with Gasteiger partial charge in [-0.05, 0) is 39.0 Å². The third-order valence-corrected chi connectivity index (χ3v) is 4.69. The molecule has 1 heterocycles. The highest BCUT2D eigenvalue weighted by atomic mass is 19.1. The Morgan fingerprint density at radius 1 is 1.25 bits per heavy atom. The van der Waals surface area contributed by atoms with Crippen molar-refractivity contribution in [3.63, 3.8) is 0 Å². The van der Waals surface area contributed by atoms with Gasteiger partial charge in [-0.3, -0.25) is 14.0 Å². The normalized spacial score (nSPS) is 27.6. The number of rotatable bonds is 4. The molecule has 1 unspecified atom stereocenters. The van der Waals surface area contributed by atoms with Gasteiger partial charge in [-0.2, -0.15) is 0 Å². The minimum Gasteiger partial charge on any atom is -0.342 e. The second-order valence-electron chi connectivity index (χ2n) is 6.44. The van der Waals surface area contributed by atoms with Crippen molar-refractivity contribution in [1.29, 1.82) is 0 Å². The number of nitrogens with zero attached hydrogens (tertiary/aromatic N) is 1. The van der Waals surface area contributed by atoms with E-state index in [-0.39, 0.29) is 17.7 Å². The molecule has 0 bridgehead atoms. The number of amides is 2. The van der Waals surface area contributed by atoms with Crippen LogP contribution < -0.4 is 5.32 Å². The molecule has 0 aromatic rings. The van der Waals surface area contributed by atoms with E-state index in [1.807, 2.05) is 0 Å². The highest BCUT2D eigenvalue weighted by Gasteiger charge is 2.48. The van der Waals surface area contributed by atoms with Crippen molar-refractivity contribution in [2.45, 2.75) is 64.0 Å². The molecule has 0 aromatic carbocycles. The smallest absolute Gasteiger partial charge is 0.246 e. The van der Waals surface area contributed by atoms with Gasteiger partial charge in [0, 0.05) is 6.54 Å². The highest BCUT2D eigenvalue weighted by molar-refractivity contribution is 5.99. The molecule has 20 heavy (non-hydrogen) atoms. The molecule has 1 saturated carbocycles. The molecule has 0 aromatic heterocycles. The zero-order valence-corrected chi connectivity index (χ0v) is 12.5. The van der Waals surface area contributed by atoms with Crippen molar-refractivity contribution < 1.29 is 14.0 Å². The van der Waals surface area contributed by atoms with E-state index in [1.165, 1.54) is 6.42 Å². The van der Waals surface area contributed by atoms with Gasteiger partial charge in [-0.25, -0.2) is 0 Å². The standard InChI is InChI=1S/C15H25FN2O2/c1-15(2)14(20)17-12(11-7-4-3-5-8-11)13(19)18(15)10-6-9-16/h11-12H,3-10H2,1-2H3,(H,17,20). The first kappa shape index (κ1) is 15.3. The Kier molecular flexibility index (Phi) is 4.66. The molecule has 2 aliphatic rings. The van der Waals surface area contributed by atoms with E-state index in [0.717, 1.165) is 25.7 Å². The van der Waals surface area contributed by atoms with Crippen LogP contribution in [0.25, 0.3) is 0 Å². The zero-order valence-electron chi connectivity index (χ0n) is 12.5. The summed E-state index contributed by atoms with van der Waals surface area (Å²) in [4.78, 5) is 26.5. The summed E-state index contributed by atoms with van der Waals surface area (Å²) in [5.74, 6) is 0.0886. The minimum absolute atomic E-state index is 0.0325. The number of alkyl halides is 1. The first-order chi connectivity index (χ1) is 9.48. The second-order valence-corrected chi connectivity index (χ2v) is 6.44. The molecule has 2 fully saturated rings. The van der Waals surface area contributed by atoms with Crippen molar-refractivity contribution in [2.75, 3.05) is 13.2 Å². The third-order valence-electron chi connectivity index (χ3n) is 4.69. The fraction of sp³-hybridized carbons (Fsp3) is 0.867. The van der Waals surface area contributed by atoms with Crippen molar-refractivity contribution >= 4 is 11.8 Å². The van der Waals surface area contributed by atoms with Crippen LogP contribution in [0.5, 0.6) is 0 Å². The van der Waals surface area contributed by atoms with Gasteiger partial charge in [0.25, 0.3) is 0 Å². The number of piperazine rings is 1. The van der Waals surface area contributed by atoms with E-state index >= 15 is 0 Å².